The molecule has 0 aliphatic heterocycles. The van der Waals surface area contributed by atoms with Crippen LogP contribution in [0.4, 0.5) is 5.69 Å². The van der Waals surface area contributed by atoms with Crippen molar-refractivity contribution in [2.45, 2.75) is 52.0 Å². The smallest absolute Gasteiger partial charge is 0.273 e. The Morgan fingerprint density at radius 2 is 2.05 bits per heavy atom. The molecule has 0 heterocycles. The first kappa shape index (κ1) is 15.0. The molecule has 0 bridgehead atoms. The number of rotatable bonds is 6. The van der Waals surface area contributed by atoms with E-state index in [0.717, 1.165) is 23.6 Å². The van der Waals surface area contributed by atoms with Crippen LogP contribution in [0.1, 0.15) is 49.7 Å². The van der Waals surface area contributed by atoms with Crippen molar-refractivity contribution in [3.63, 3.8) is 0 Å². The van der Waals surface area contributed by atoms with E-state index in [1.165, 1.54) is 38.5 Å². The summed E-state index contributed by atoms with van der Waals surface area (Å²) in [6, 6.07) is 5.31. The van der Waals surface area contributed by atoms with Gasteiger partial charge >= 0.3 is 0 Å². The van der Waals surface area contributed by atoms with Crippen LogP contribution in [0.2, 0.25) is 0 Å². The molecule has 1 aliphatic carbocycles. The highest BCUT2D eigenvalue weighted by Gasteiger charge is 2.14. The molecule has 1 aromatic rings. The van der Waals surface area contributed by atoms with Gasteiger partial charge in [-0.05, 0) is 31.9 Å². The van der Waals surface area contributed by atoms with Crippen molar-refractivity contribution in [2.24, 2.45) is 5.92 Å². The zero-order valence-corrected chi connectivity index (χ0v) is 12.2. The van der Waals surface area contributed by atoms with Crippen molar-refractivity contribution in [1.29, 1.82) is 0 Å². The Morgan fingerprint density at radius 1 is 1.30 bits per heavy atom. The molecule has 0 saturated heterocycles. The Morgan fingerprint density at radius 3 is 2.75 bits per heavy atom. The second kappa shape index (κ2) is 7.39. The highest BCUT2D eigenvalue weighted by atomic mass is 16.6. The van der Waals surface area contributed by atoms with Crippen molar-refractivity contribution in [3.8, 4) is 0 Å². The molecule has 1 fully saturated rings. The number of nitrogens with zero attached hydrogens (tertiary/aromatic N) is 1. The second-order valence-electron chi connectivity index (χ2n) is 5.86. The highest BCUT2D eigenvalue weighted by Crippen LogP contribution is 2.26. The normalized spacial score (nSPS) is 16.2. The summed E-state index contributed by atoms with van der Waals surface area (Å²) in [7, 11) is 0. The standard InChI is InChI=1S/C16H24N2O2/c1-13-7-8-16(18(19)20)15(11-13)12-17-10-9-14-5-3-2-4-6-14/h7-8,11,14,17H,2-6,9-10,12H2,1H3. The molecule has 4 heteroatoms. The predicted molar refractivity (Wildman–Crippen MR) is 80.7 cm³/mol. The first-order valence-electron chi connectivity index (χ1n) is 7.61. The van der Waals surface area contributed by atoms with Crippen molar-refractivity contribution in [2.75, 3.05) is 6.54 Å². The number of nitrogens with one attached hydrogen (secondary N) is 1. The van der Waals surface area contributed by atoms with Gasteiger partial charge in [0.15, 0.2) is 0 Å². The fourth-order valence-corrected chi connectivity index (χ4v) is 3.04. The minimum Gasteiger partial charge on any atom is -0.312 e. The molecule has 4 nitrogen and oxygen atoms in total. The molecule has 0 radical (unpaired) electrons. The van der Waals surface area contributed by atoms with Gasteiger partial charge in [0.2, 0.25) is 0 Å². The summed E-state index contributed by atoms with van der Waals surface area (Å²) in [5, 5.41) is 14.4. The van der Waals surface area contributed by atoms with Crippen molar-refractivity contribution < 1.29 is 4.92 Å². The SMILES string of the molecule is Cc1ccc([N+](=O)[O-])c(CNCCC2CCCCC2)c1. The first-order chi connectivity index (χ1) is 9.66. The van der Waals surface area contributed by atoms with Crippen molar-refractivity contribution >= 4 is 5.69 Å². The Bertz CT molecular complexity index is 454. The zero-order valence-electron chi connectivity index (χ0n) is 12.2. The number of hydrogen-bond donors (Lipinski definition) is 1. The summed E-state index contributed by atoms with van der Waals surface area (Å²) < 4.78 is 0. The molecule has 1 aromatic carbocycles. The van der Waals surface area contributed by atoms with Gasteiger partial charge in [0, 0.05) is 18.2 Å². The van der Waals surface area contributed by atoms with Gasteiger partial charge in [0.1, 0.15) is 0 Å². The van der Waals surface area contributed by atoms with Crippen LogP contribution in [0.15, 0.2) is 18.2 Å². The third-order valence-corrected chi connectivity index (χ3v) is 4.20. The molecule has 0 spiro atoms. The van der Waals surface area contributed by atoms with E-state index in [0.29, 0.717) is 6.54 Å². The fraction of sp³-hybridized carbons (Fsp3) is 0.625. The number of nitro benzene ring substituents is 1. The van der Waals surface area contributed by atoms with E-state index in [1.54, 1.807) is 12.1 Å². The minimum atomic E-state index is -0.294. The summed E-state index contributed by atoms with van der Waals surface area (Å²) in [4.78, 5) is 10.7. The van der Waals surface area contributed by atoms with Crippen LogP contribution in [0.3, 0.4) is 0 Å². The molecule has 0 atom stereocenters. The van der Waals surface area contributed by atoms with Crippen LogP contribution in [0.5, 0.6) is 0 Å². The Labute approximate surface area is 120 Å². The Balaban J connectivity index is 1.81. The third kappa shape index (κ3) is 4.30. The molecule has 0 amide bonds. The number of hydrogen-bond acceptors (Lipinski definition) is 3. The number of benzene rings is 1. The van der Waals surface area contributed by atoms with Crippen LogP contribution in [-0.4, -0.2) is 11.5 Å². The van der Waals surface area contributed by atoms with E-state index < -0.39 is 0 Å². The Hall–Kier alpha value is -1.42. The summed E-state index contributed by atoms with van der Waals surface area (Å²) in [5.74, 6) is 0.851. The van der Waals surface area contributed by atoms with Gasteiger partial charge in [-0.25, -0.2) is 0 Å². The van der Waals surface area contributed by atoms with Gasteiger partial charge < -0.3 is 5.32 Å². The van der Waals surface area contributed by atoms with Crippen LogP contribution >= 0.6 is 0 Å². The summed E-state index contributed by atoms with van der Waals surface area (Å²) in [6.07, 6.45) is 8.03. The molecule has 0 aromatic heterocycles. The highest BCUT2D eigenvalue weighted by molar-refractivity contribution is 5.42. The monoisotopic (exact) mass is 276 g/mol. The van der Waals surface area contributed by atoms with E-state index in [-0.39, 0.29) is 10.6 Å². The summed E-state index contributed by atoms with van der Waals surface area (Å²) in [5.41, 5.74) is 2.08. The zero-order chi connectivity index (χ0) is 14.4. The maximum absolute atomic E-state index is 11.0. The van der Waals surface area contributed by atoms with Crippen LogP contribution in [-0.2, 0) is 6.54 Å². The lowest BCUT2D eigenvalue weighted by atomic mass is 9.87. The van der Waals surface area contributed by atoms with Gasteiger partial charge in [-0.3, -0.25) is 10.1 Å². The Kier molecular flexibility index (Phi) is 5.53. The maximum Gasteiger partial charge on any atom is 0.273 e. The molecule has 1 saturated carbocycles. The quantitative estimate of drug-likeness (QED) is 0.486. The lowest BCUT2D eigenvalue weighted by Gasteiger charge is -2.21. The van der Waals surface area contributed by atoms with Gasteiger partial charge in [0.25, 0.3) is 5.69 Å². The van der Waals surface area contributed by atoms with Crippen LogP contribution in [0, 0.1) is 23.0 Å². The molecular weight excluding hydrogens is 252 g/mol. The average Bonchev–Trinajstić information content (AvgIpc) is 2.44. The van der Waals surface area contributed by atoms with E-state index in [9.17, 15) is 10.1 Å². The lowest BCUT2D eigenvalue weighted by molar-refractivity contribution is -0.385. The van der Waals surface area contributed by atoms with Crippen molar-refractivity contribution in [3.05, 3.63) is 39.4 Å². The first-order valence-corrected chi connectivity index (χ1v) is 7.61. The molecule has 110 valence electrons. The fourth-order valence-electron chi connectivity index (χ4n) is 3.04. The van der Waals surface area contributed by atoms with Gasteiger partial charge in [-0.1, -0.05) is 43.7 Å². The average molecular weight is 276 g/mol. The maximum atomic E-state index is 11.0. The second-order valence-corrected chi connectivity index (χ2v) is 5.86. The molecule has 2 rings (SSSR count). The summed E-state index contributed by atoms with van der Waals surface area (Å²) in [6.45, 7) is 3.51. The third-order valence-electron chi connectivity index (χ3n) is 4.20. The van der Waals surface area contributed by atoms with Crippen LogP contribution in [0.25, 0.3) is 0 Å². The molecule has 20 heavy (non-hydrogen) atoms. The van der Waals surface area contributed by atoms with E-state index >= 15 is 0 Å². The minimum absolute atomic E-state index is 0.223. The predicted octanol–water partition coefficient (Wildman–Crippen LogP) is 3.96. The van der Waals surface area contributed by atoms with E-state index in [2.05, 4.69) is 5.32 Å². The topological polar surface area (TPSA) is 55.2 Å². The van der Waals surface area contributed by atoms with Gasteiger partial charge in [-0.2, -0.15) is 0 Å². The van der Waals surface area contributed by atoms with Gasteiger partial charge in [-0.15, -0.1) is 0 Å². The number of nitro groups is 1. The number of aryl methyl sites for hydroxylation is 1. The van der Waals surface area contributed by atoms with Crippen LogP contribution < -0.4 is 5.32 Å². The summed E-state index contributed by atoms with van der Waals surface area (Å²) >= 11 is 0. The van der Waals surface area contributed by atoms with Crippen molar-refractivity contribution in [1.82, 2.24) is 5.32 Å². The molecular formula is C16H24N2O2. The largest absolute Gasteiger partial charge is 0.312 e. The lowest BCUT2D eigenvalue weighted by Crippen LogP contribution is -2.19. The van der Waals surface area contributed by atoms with E-state index in [1.807, 2.05) is 13.0 Å². The van der Waals surface area contributed by atoms with Gasteiger partial charge in [0.05, 0.1) is 4.92 Å². The molecule has 1 N–H and O–H groups in total. The van der Waals surface area contributed by atoms with E-state index in [4.69, 9.17) is 0 Å². The molecule has 0 unspecified atom stereocenters. The molecule has 1 aliphatic rings.